The fraction of sp³-hybridized carbons (Fsp3) is 0.553. The minimum atomic E-state index is -1.68. The third-order valence-electron chi connectivity index (χ3n) is 11.4. The van der Waals surface area contributed by atoms with Crippen LogP contribution in [0.3, 0.4) is 0 Å². The fourth-order valence-corrected chi connectivity index (χ4v) is 8.18. The van der Waals surface area contributed by atoms with Crippen LogP contribution in [0, 0.1) is 17.6 Å². The Kier molecular flexibility index (Phi) is 9.75. The largest absolute Gasteiger partial charge is 0.417 e. The van der Waals surface area contributed by atoms with Gasteiger partial charge >= 0.3 is 0 Å². The number of hydrogen-bond acceptors (Lipinski definition) is 7. The summed E-state index contributed by atoms with van der Waals surface area (Å²) in [6, 6.07) is 9.44. The van der Waals surface area contributed by atoms with Crippen LogP contribution in [0.15, 0.2) is 48.9 Å². The van der Waals surface area contributed by atoms with E-state index in [9.17, 15) is 0 Å². The third kappa shape index (κ3) is 7.51. The van der Waals surface area contributed by atoms with Crippen LogP contribution in [0.1, 0.15) is 58.1 Å². The number of para-hydroxylation sites is 1. The highest BCUT2D eigenvalue weighted by Crippen LogP contribution is 2.42. The summed E-state index contributed by atoms with van der Waals surface area (Å²) in [6.07, 6.45) is 10.3. The Bertz CT molecular complexity index is 1750. The highest BCUT2D eigenvalue weighted by atomic mass is 28.4. The summed E-state index contributed by atoms with van der Waals surface area (Å²) in [5, 5.41) is 5.00. The smallest absolute Gasteiger partial charge is 0.191 e. The Balaban J connectivity index is 0.993. The molecule has 3 aliphatic rings. The SMILES string of the molecule is CC(C)(C)[Si](C)(C)OCCC1CC1N1CCC(n2cc(-c3cnc4cccc(-c5cc(F)c(CN6CCOCC6)c(F)c5)c4n3)cn2)CC1. The van der Waals surface area contributed by atoms with Gasteiger partial charge in [-0.1, -0.05) is 32.9 Å². The van der Waals surface area contributed by atoms with E-state index in [2.05, 4.69) is 54.6 Å². The van der Waals surface area contributed by atoms with Crippen molar-refractivity contribution in [1.82, 2.24) is 29.5 Å². The maximum atomic E-state index is 15.3. The quantitative estimate of drug-likeness (QED) is 0.158. The van der Waals surface area contributed by atoms with Crippen molar-refractivity contribution in [1.29, 1.82) is 0 Å². The summed E-state index contributed by atoms with van der Waals surface area (Å²) in [5.74, 6) is -0.347. The van der Waals surface area contributed by atoms with E-state index in [1.165, 1.54) is 18.6 Å². The topological polar surface area (TPSA) is 68.5 Å². The van der Waals surface area contributed by atoms with E-state index in [4.69, 9.17) is 19.2 Å². The van der Waals surface area contributed by atoms with E-state index in [0.29, 0.717) is 66.2 Å². The number of halogens is 2. The van der Waals surface area contributed by atoms with Gasteiger partial charge in [-0.25, -0.2) is 13.8 Å². The Morgan fingerprint density at radius 3 is 2.43 bits per heavy atom. The van der Waals surface area contributed by atoms with Crippen molar-refractivity contribution in [2.45, 2.75) is 83.2 Å². The van der Waals surface area contributed by atoms with E-state index < -0.39 is 20.0 Å². The van der Waals surface area contributed by atoms with Gasteiger partial charge in [0.1, 0.15) is 11.6 Å². The number of morpholine rings is 1. The molecule has 2 saturated heterocycles. The van der Waals surface area contributed by atoms with Gasteiger partial charge in [-0.15, -0.1) is 0 Å². The van der Waals surface area contributed by atoms with Crippen LogP contribution in [0.2, 0.25) is 18.1 Å². The molecule has 262 valence electrons. The standard InChI is InChI=1S/C38H50F2N6O2Si/c1-38(2,3)49(4,5)48-16-11-26-21-36(26)45-12-9-29(10-13-45)46-24-28(22-42-46)35-23-41-34-8-6-7-30(37(34)43-35)27-19-32(39)31(33(40)20-27)25-44-14-17-47-18-15-44/h6-8,19-20,22-24,26,29,36H,9-18,21,25H2,1-5H3. The number of nitrogens with zero attached hydrogens (tertiary/aromatic N) is 6. The molecule has 49 heavy (non-hydrogen) atoms. The maximum absolute atomic E-state index is 15.3. The van der Waals surface area contributed by atoms with Crippen molar-refractivity contribution in [3.05, 3.63) is 66.1 Å². The van der Waals surface area contributed by atoms with Crippen LogP contribution in [-0.4, -0.2) is 89.9 Å². The zero-order chi connectivity index (χ0) is 34.3. The summed E-state index contributed by atoms with van der Waals surface area (Å²) in [4.78, 5) is 14.3. The number of rotatable bonds is 10. The minimum Gasteiger partial charge on any atom is -0.417 e. The Morgan fingerprint density at radius 1 is 0.980 bits per heavy atom. The van der Waals surface area contributed by atoms with E-state index in [1.54, 1.807) is 6.20 Å². The van der Waals surface area contributed by atoms with Crippen LogP contribution >= 0.6 is 0 Å². The van der Waals surface area contributed by atoms with Gasteiger partial charge in [-0.3, -0.25) is 19.5 Å². The molecule has 0 spiro atoms. The second-order valence-corrected chi connectivity index (χ2v) is 20.5. The Morgan fingerprint density at radius 2 is 1.71 bits per heavy atom. The van der Waals surface area contributed by atoms with Gasteiger partial charge in [0.05, 0.1) is 48.4 Å². The lowest BCUT2D eigenvalue weighted by Crippen LogP contribution is -2.41. The molecule has 3 fully saturated rings. The number of ether oxygens (including phenoxy) is 1. The number of fused-ring (bicyclic) bond motifs is 1. The van der Waals surface area contributed by atoms with E-state index in [-0.39, 0.29) is 17.1 Å². The molecule has 11 heteroatoms. The van der Waals surface area contributed by atoms with Crippen molar-refractivity contribution < 1.29 is 17.9 Å². The predicted octanol–water partition coefficient (Wildman–Crippen LogP) is 7.71. The molecular formula is C38H50F2N6O2Si. The molecule has 4 aromatic rings. The lowest BCUT2D eigenvalue weighted by atomic mass is 10.0. The van der Waals surface area contributed by atoms with Crippen LogP contribution < -0.4 is 0 Å². The summed E-state index contributed by atoms with van der Waals surface area (Å²) in [6.45, 7) is 17.3. The monoisotopic (exact) mass is 688 g/mol. The second-order valence-electron chi connectivity index (χ2n) is 15.7. The van der Waals surface area contributed by atoms with E-state index in [1.807, 2.05) is 29.3 Å². The Hall–Kier alpha value is -3.09. The molecule has 0 N–H and O–H groups in total. The van der Waals surface area contributed by atoms with Crippen LogP contribution in [0.4, 0.5) is 8.78 Å². The highest BCUT2D eigenvalue weighted by molar-refractivity contribution is 6.74. The lowest BCUT2D eigenvalue weighted by Gasteiger charge is -2.36. The molecule has 2 aromatic heterocycles. The highest BCUT2D eigenvalue weighted by Gasteiger charge is 2.43. The molecule has 4 heterocycles. The number of hydrogen-bond donors (Lipinski definition) is 0. The molecule has 1 aliphatic carbocycles. The molecular weight excluding hydrogens is 639 g/mol. The first kappa shape index (κ1) is 34.4. The van der Waals surface area contributed by atoms with E-state index >= 15 is 8.78 Å². The zero-order valence-electron chi connectivity index (χ0n) is 29.6. The van der Waals surface area contributed by atoms with Gasteiger partial charge in [0, 0.05) is 68.3 Å². The maximum Gasteiger partial charge on any atom is 0.191 e. The summed E-state index contributed by atoms with van der Waals surface area (Å²) >= 11 is 0. The molecule has 2 atom stereocenters. The molecule has 2 unspecified atom stereocenters. The molecule has 8 nitrogen and oxygen atoms in total. The molecule has 0 bridgehead atoms. The second kappa shape index (κ2) is 13.9. The van der Waals surface area contributed by atoms with Gasteiger partial charge in [0.2, 0.25) is 0 Å². The normalized spacial score (nSPS) is 21.4. The molecule has 0 radical (unpaired) electrons. The summed E-state index contributed by atoms with van der Waals surface area (Å²) in [7, 11) is -1.68. The van der Waals surface area contributed by atoms with Crippen molar-refractivity contribution >= 4 is 19.4 Å². The molecule has 2 aromatic carbocycles. The third-order valence-corrected chi connectivity index (χ3v) is 15.9. The van der Waals surface area contributed by atoms with Crippen molar-refractivity contribution in [2.24, 2.45) is 5.92 Å². The van der Waals surface area contributed by atoms with Gasteiger partial charge in [0.15, 0.2) is 8.32 Å². The van der Waals surface area contributed by atoms with Crippen molar-refractivity contribution in [3.8, 4) is 22.4 Å². The van der Waals surface area contributed by atoms with Crippen LogP contribution in [0.5, 0.6) is 0 Å². The van der Waals surface area contributed by atoms with E-state index in [0.717, 1.165) is 50.4 Å². The molecule has 0 amide bonds. The average molecular weight is 689 g/mol. The van der Waals surface area contributed by atoms with Gasteiger partial charge < -0.3 is 9.16 Å². The summed E-state index contributed by atoms with van der Waals surface area (Å²) in [5.41, 5.74) is 4.02. The van der Waals surface area contributed by atoms with Crippen LogP contribution in [-0.2, 0) is 15.7 Å². The lowest BCUT2D eigenvalue weighted by molar-refractivity contribution is 0.0332. The van der Waals surface area contributed by atoms with Crippen LogP contribution in [0.25, 0.3) is 33.4 Å². The predicted molar refractivity (Wildman–Crippen MR) is 192 cm³/mol. The molecule has 1 saturated carbocycles. The first-order valence-electron chi connectivity index (χ1n) is 17.9. The summed E-state index contributed by atoms with van der Waals surface area (Å²) < 4.78 is 44.6. The Labute approximate surface area is 290 Å². The first-order valence-corrected chi connectivity index (χ1v) is 20.8. The van der Waals surface area contributed by atoms with Crippen molar-refractivity contribution in [3.63, 3.8) is 0 Å². The fourth-order valence-electron chi connectivity index (χ4n) is 7.12. The van der Waals surface area contributed by atoms with Gasteiger partial charge in [-0.05, 0) is 73.5 Å². The van der Waals surface area contributed by atoms with Gasteiger partial charge in [0.25, 0.3) is 0 Å². The zero-order valence-corrected chi connectivity index (χ0v) is 30.6. The first-order chi connectivity index (χ1) is 23.5. The number of aromatic nitrogens is 4. The number of likely N-dealkylation sites (tertiary alicyclic amines) is 1. The minimum absolute atomic E-state index is 0.0829. The van der Waals surface area contributed by atoms with Crippen molar-refractivity contribution in [2.75, 3.05) is 46.0 Å². The number of benzene rings is 2. The molecule has 2 aliphatic heterocycles. The van der Waals surface area contributed by atoms with Gasteiger partial charge in [-0.2, -0.15) is 5.10 Å². The average Bonchev–Trinajstić information content (AvgIpc) is 3.68. The molecule has 7 rings (SSSR count). The number of piperidine rings is 1.